The summed E-state index contributed by atoms with van der Waals surface area (Å²) in [4.78, 5) is 12.2. The Morgan fingerprint density at radius 3 is 2.94 bits per heavy atom. The normalized spacial score (nSPS) is 33.6. The van der Waals surface area contributed by atoms with Gasteiger partial charge in [-0.15, -0.1) is 0 Å². The Kier molecular flexibility index (Phi) is 4.97. The van der Waals surface area contributed by atoms with E-state index in [-0.39, 0.29) is 30.0 Å². The Hall–Kier alpha value is -0.650. The first kappa shape index (κ1) is 13.8. The van der Waals surface area contributed by atoms with Gasteiger partial charge in [0, 0.05) is 12.6 Å². The highest BCUT2D eigenvalue weighted by molar-refractivity contribution is 5.80. The standard InChI is InChI=1S/C13H24N2O3/c1-3-14-11-8-17-7-10(11)13(16)15-9(2)12-5-4-6-18-12/h9-12,14H,3-8H2,1-2H3,(H,15,16). The van der Waals surface area contributed by atoms with Gasteiger partial charge in [0.1, 0.15) is 0 Å². The van der Waals surface area contributed by atoms with Crippen LogP contribution in [-0.2, 0) is 14.3 Å². The van der Waals surface area contributed by atoms with Crippen molar-refractivity contribution in [3.63, 3.8) is 0 Å². The van der Waals surface area contributed by atoms with Crippen LogP contribution >= 0.6 is 0 Å². The second kappa shape index (κ2) is 6.50. The smallest absolute Gasteiger partial charge is 0.227 e. The molecule has 2 rings (SSSR count). The van der Waals surface area contributed by atoms with E-state index in [2.05, 4.69) is 10.6 Å². The van der Waals surface area contributed by atoms with Crippen LogP contribution in [0.4, 0.5) is 0 Å². The molecule has 2 fully saturated rings. The quantitative estimate of drug-likeness (QED) is 0.742. The first-order valence-corrected chi connectivity index (χ1v) is 6.95. The van der Waals surface area contributed by atoms with Crippen molar-refractivity contribution in [2.24, 2.45) is 5.92 Å². The summed E-state index contributed by atoms with van der Waals surface area (Å²) in [6, 6.07) is 0.231. The summed E-state index contributed by atoms with van der Waals surface area (Å²) in [5.41, 5.74) is 0. The van der Waals surface area contributed by atoms with Gasteiger partial charge in [-0.3, -0.25) is 4.79 Å². The predicted octanol–water partition coefficient (Wildman–Crippen LogP) is 0.295. The zero-order valence-electron chi connectivity index (χ0n) is 11.3. The van der Waals surface area contributed by atoms with Gasteiger partial charge in [-0.05, 0) is 26.3 Å². The maximum Gasteiger partial charge on any atom is 0.227 e. The van der Waals surface area contributed by atoms with E-state index >= 15 is 0 Å². The molecule has 4 unspecified atom stereocenters. The number of likely N-dealkylation sites (N-methyl/N-ethyl adjacent to an activating group) is 1. The second-order valence-corrected chi connectivity index (χ2v) is 5.16. The Bertz CT molecular complexity index is 279. The molecule has 0 aromatic rings. The fourth-order valence-electron chi connectivity index (χ4n) is 2.70. The van der Waals surface area contributed by atoms with E-state index in [1.165, 1.54) is 0 Å². The Morgan fingerprint density at radius 1 is 1.44 bits per heavy atom. The van der Waals surface area contributed by atoms with E-state index in [1.807, 2.05) is 13.8 Å². The van der Waals surface area contributed by atoms with E-state index in [1.54, 1.807) is 0 Å². The number of hydrogen-bond acceptors (Lipinski definition) is 4. The number of hydrogen-bond donors (Lipinski definition) is 2. The first-order valence-electron chi connectivity index (χ1n) is 6.95. The number of carbonyl (C=O) groups is 1. The maximum absolute atomic E-state index is 12.2. The molecule has 0 aromatic carbocycles. The molecule has 0 radical (unpaired) electrons. The SMILES string of the molecule is CCNC1COCC1C(=O)NC(C)C1CCCO1. The van der Waals surface area contributed by atoms with Crippen molar-refractivity contribution in [2.45, 2.75) is 44.9 Å². The Morgan fingerprint density at radius 2 is 2.28 bits per heavy atom. The third-order valence-corrected chi connectivity index (χ3v) is 3.78. The van der Waals surface area contributed by atoms with Crippen LogP contribution in [0.25, 0.3) is 0 Å². The Labute approximate surface area is 109 Å². The van der Waals surface area contributed by atoms with Crippen molar-refractivity contribution >= 4 is 5.91 Å². The van der Waals surface area contributed by atoms with Gasteiger partial charge < -0.3 is 20.1 Å². The molecule has 0 bridgehead atoms. The third-order valence-electron chi connectivity index (χ3n) is 3.78. The molecule has 5 nitrogen and oxygen atoms in total. The van der Waals surface area contributed by atoms with Gasteiger partial charge in [-0.1, -0.05) is 6.92 Å². The van der Waals surface area contributed by atoms with Gasteiger partial charge in [0.25, 0.3) is 0 Å². The minimum atomic E-state index is -0.0752. The lowest BCUT2D eigenvalue weighted by Gasteiger charge is -2.24. The molecule has 1 amide bonds. The molecule has 18 heavy (non-hydrogen) atoms. The fraction of sp³-hybridized carbons (Fsp3) is 0.923. The summed E-state index contributed by atoms with van der Waals surface area (Å²) >= 11 is 0. The molecular formula is C13H24N2O3. The molecule has 2 heterocycles. The van der Waals surface area contributed by atoms with Gasteiger partial charge in [0.15, 0.2) is 0 Å². The van der Waals surface area contributed by atoms with Gasteiger partial charge in [-0.2, -0.15) is 0 Å². The van der Waals surface area contributed by atoms with Gasteiger partial charge in [0.05, 0.1) is 31.3 Å². The van der Waals surface area contributed by atoms with Crippen molar-refractivity contribution in [1.29, 1.82) is 0 Å². The second-order valence-electron chi connectivity index (χ2n) is 5.16. The number of ether oxygens (including phenoxy) is 2. The molecule has 0 aromatic heterocycles. The van der Waals surface area contributed by atoms with E-state index in [4.69, 9.17) is 9.47 Å². The average molecular weight is 256 g/mol. The third kappa shape index (κ3) is 3.22. The molecule has 0 aliphatic carbocycles. The fourth-order valence-corrected chi connectivity index (χ4v) is 2.70. The topological polar surface area (TPSA) is 59.6 Å². The summed E-state index contributed by atoms with van der Waals surface area (Å²) in [6.07, 6.45) is 2.31. The average Bonchev–Trinajstić information content (AvgIpc) is 3.00. The molecular weight excluding hydrogens is 232 g/mol. The maximum atomic E-state index is 12.2. The lowest BCUT2D eigenvalue weighted by Crippen LogP contribution is -2.49. The van der Waals surface area contributed by atoms with Crippen molar-refractivity contribution < 1.29 is 14.3 Å². The Balaban J connectivity index is 1.82. The summed E-state index contributed by atoms with van der Waals surface area (Å²) < 4.78 is 11.0. The monoisotopic (exact) mass is 256 g/mol. The van der Waals surface area contributed by atoms with E-state index < -0.39 is 0 Å². The van der Waals surface area contributed by atoms with Crippen LogP contribution in [0.3, 0.4) is 0 Å². The van der Waals surface area contributed by atoms with E-state index in [9.17, 15) is 4.79 Å². The summed E-state index contributed by atoms with van der Waals surface area (Å²) in [6.45, 7) is 6.88. The van der Waals surface area contributed by atoms with Crippen molar-refractivity contribution in [3.8, 4) is 0 Å². The highest BCUT2D eigenvalue weighted by Crippen LogP contribution is 2.18. The minimum absolute atomic E-state index is 0.0752. The van der Waals surface area contributed by atoms with Gasteiger partial charge in [-0.25, -0.2) is 0 Å². The van der Waals surface area contributed by atoms with Crippen molar-refractivity contribution in [3.05, 3.63) is 0 Å². The lowest BCUT2D eigenvalue weighted by atomic mass is 10.0. The highest BCUT2D eigenvalue weighted by atomic mass is 16.5. The number of carbonyl (C=O) groups excluding carboxylic acids is 1. The molecule has 2 saturated heterocycles. The van der Waals surface area contributed by atoms with E-state index in [0.717, 1.165) is 26.0 Å². The van der Waals surface area contributed by atoms with Crippen LogP contribution in [0.15, 0.2) is 0 Å². The molecule has 2 aliphatic rings. The molecule has 4 atom stereocenters. The number of rotatable bonds is 5. The van der Waals surface area contributed by atoms with Crippen molar-refractivity contribution in [2.75, 3.05) is 26.4 Å². The van der Waals surface area contributed by atoms with Crippen LogP contribution < -0.4 is 10.6 Å². The molecule has 0 spiro atoms. The molecule has 104 valence electrons. The van der Waals surface area contributed by atoms with Crippen LogP contribution in [0, 0.1) is 5.92 Å². The zero-order valence-corrected chi connectivity index (χ0v) is 11.3. The van der Waals surface area contributed by atoms with E-state index in [0.29, 0.717) is 13.2 Å². The molecule has 5 heteroatoms. The molecule has 0 saturated carbocycles. The highest BCUT2D eigenvalue weighted by Gasteiger charge is 2.35. The lowest BCUT2D eigenvalue weighted by molar-refractivity contribution is -0.126. The number of amides is 1. The van der Waals surface area contributed by atoms with Crippen LogP contribution in [0.2, 0.25) is 0 Å². The predicted molar refractivity (Wildman–Crippen MR) is 68.4 cm³/mol. The van der Waals surface area contributed by atoms with Crippen LogP contribution in [0.5, 0.6) is 0 Å². The van der Waals surface area contributed by atoms with Crippen molar-refractivity contribution in [1.82, 2.24) is 10.6 Å². The van der Waals surface area contributed by atoms with Crippen LogP contribution in [0.1, 0.15) is 26.7 Å². The molecule has 2 aliphatic heterocycles. The summed E-state index contributed by atoms with van der Waals surface area (Å²) in [5, 5.41) is 6.37. The largest absolute Gasteiger partial charge is 0.379 e. The molecule has 2 N–H and O–H groups in total. The zero-order chi connectivity index (χ0) is 13.0. The summed E-state index contributed by atoms with van der Waals surface area (Å²) in [7, 11) is 0. The van der Waals surface area contributed by atoms with Gasteiger partial charge in [0.2, 0.25) is 5.91 Å². The number of nitrogens with one attached hydrogen (secondary N) is 2. The van der Waals surface area contributed by atoms with Crippen LogP contribution in [-0.4, -0.2) is 50.5 Å². The summed E-state index contributed by atoms with van der Waals surface area (Å²) in [5.74, 6) is 0.00949. The first-order chi connectivity index (χ1) is 8.72. The minimum Gasteiger partial charge on any atom is -0.379 e. The van der Waals surface area contributed by atoms with Gasteiger partial charge >= 0.3 is 0 Å².